The first kappa shape index (κ1) is 13.7. The highest BCUT2D eigenvalue weighted by Crippen LogP contribution is 2.20. The zero-order valence-electron chi connectivity index (χ0n) is 11.1. The van der Waals surface area contributed by atoms with E-state index in [0.717, 1.165) is 12.8 Å². The van der Waals surface area contributed by atoms with E-state index in [9.17, 15) is 4.79 Å². The largest absolute Gasteiger partial charge is 0.464 e. The van der Waals surface area contributed by atoms with Crippen molar-refractivity contribution in [2.24, 2.45) is 0 Å². The molecular weight excluding hydrogens is 246 g/mol. The van der Waals surface area contributed by atoms with Crippen LogP contribution >= 0.6 is 0 Å². The van der Waals surface area contributed by atoms with Crippen LogP contribution in [0.5, 0.6) is 0 Å². The zero-order chi connectivity index (χ0) is 13.5. The second kappa shape index (κ2) is 7.04. The van der Waals surface area contributed by atoms with E-state index >= 15 is 0 Å². The highest BCUT2D eigenvalue weighted by atomic mass is 16.5. The van der Waals surface area contributed by atoms with Gasteiger partial charge in [0.25, 0.3) is 0 Å². The minimum Gasteiger partial charge on any atom is -0.464 e. The normalized spacial score (nSPS) is 15.4. The van der Waals surface area contributed by atoms with Crippen molar-refractivity contribution in [1.29, 1.82) is 0 Å². The number of anilines is 1. The van der Waals surface area contributed by atoms with E-state index in [2.05, 4.69) is 20.0 Å². The lowest BCUT2D eigenvalue weighted by Crippen LogP contribution is -2.16. The van der Waals surface area contributed by atoms with Crippen molar-refractivity contribution in [3.05, 3.63) is 18.1 Å². The molecule has 0 bridgehead atoms. The Morgan fingerprint density at radius 3 is 2.95 bits per heavy atom. The van der Waals surface area contributed by atoms with Gasteiger partial charge >= 0.3 is 5.97 Å². The van der Waals surface area contributed by atoms with Crippen LogP contribution in [0.1, 0.15) is 36.2 Å². The minimum absolute atomic E-state index is 0.198. The third-order valence-electron chi connectivity index (χ3n) is 3.09. The molecular formula is C13H19N3O3. The molecule has 1 saturated carbocycles. The molecule has 0 spiro atoms. The van der Waals surface area contributed by atoms with Crippen molar-refractivity contribution >= 4 is 11.8 Å². The third-order valence-corrected chi connectivity index (χ3v) is 3.09. The van der Waals surface area contributed by atoms with Gasteiger partial charge in [0.05, 0.1) is 32.2 Å². The van der Waals surface area contributed by atoms with Gasteiger partial charge in [-0.25, -0.2) is 9.78 Å². The van der Waals surface area contributed by atoms with Crippen LogP contribution in [-0.2, 0) is 9.47 Å². The monoisotopic (exact) mass is 265 g/mol. The van der Waals surface area contributed by atoms with Crippen LogP contribution in [0.2, 0.25) is 0 Å². The fourth-order valence-electron chi connectivity index (χ4n) is 2.11. The van der Waals surface area contributed by atoms with Gasteiger partial charge < -0.3 is 14.8 Å². The van der Waals surface area contributed by atoms with Crippen molar-refractivity contribution < 1.29 is 14.3 Å². The summed E-state index contributed by atoms with van der Waals surface area (Å²) in [5, 5.41) is 3.08. The van der Waals surface area contributed by atoms with Crippen LogP contribution < -0.4 is 5.32 Å². The van der Waals surface area contributed by atoms with E-state index in [1.165, 1.54) is 26.1 Å². The molecule has 6 heteroatoms. The topological polar surface area (TPSA) is 73.3 Å². The summed E-state index contributed by atoms with van der Waals surface area (Å²) in [7, 11) is 1.32. The molecule has 6 nitrogen and oxygen atoms in total. The van der Waals surface area contributed by atoms with Gasteiger partial charge in [0.2, 0.25) is 0 Å². The Labute approximate surface area is 112 Å². The maximum atomic E-state index is 11.3. The molecule has 0 radical (unpaired) electrons. The summed E-state index contributed by atoms with van der Waals surface area (Å²) in [6.07, 6.45) is 8.23. The molecule has 19 heavy (non-hydrogen) atoms. The summed E-state index contributed by atoms with van der Waals surface area (Å²) < 4.78 is 10.3. The molecule has 1 aliphatic carbocycles. The molecule has 0 aromatic carbocycles. The van der Waals surface area contributed by atoms with Crippen LogP contribution in [0.4, 0.5) is 5.82 Å². The second-order valence-electron chi connectivity index (χ2n) is 4.49. The molecule has 0 aliphatic heterocycles. The summed E-state index contributed by atoms with van der Waals surface area (Å²) >= 11 is 0. The maximum Gasteiger partial charge on any atom is 0.358 e. The van der Waals surface area contributed by atoms with Crippen LogP contribution in [0.25, 0.3) is 0 Å². The molecule has 1 aliphatic rings. The molecule has 0 saturated heterocycles. The molecule has 104 valence electrons. The van der Waals surface area contributed by atoms with Crippen molar-refractivity contribution in [3.63, 3.8) is 0 Å². The highest BCUT2D eigenvalue weighted by molar-refractivity contribution is 5.87. The van der Waals surface area contributed by atoms with Gasteiger partial charge in [0.15, 0.2) is 5.69 Å². The van der Waals surface area contributed by atoms with Gasteiger partial charge in [-0.05, 0) is 12.8 Å². The number of methoxy groups -OCH3 is 1. The van der Waals surface area contributed by atoms with Crippen molar-refractivity contribution in [1.82, 2.24) is 9.97 Å². The zero-order valence-corrected chi connectivity index (χ0v) is 11.1. The van der Waals surface area contributed by atoms with Crippen molar-refractivity contribution in [2.45, 2.75) is 31.8 Å². The summed E-state index contributed by atoms with van der Waals surface area (Å²) in [5.74, 6) is 0.0660. The summed E-state index contributed by atoms with van der Waals surface area (Å²) in [6, 6.07) is 0. The Bertz CT molecular complexity index is 419. The van der Waals surface area contributed by atoms with Crippen LogP contribution in [0, 0.1) is 0 Å². The number of carbonyl (C=O) groups is 1. The highest BCUT2D eigenvalue weighted by Gasteiger charge is 2.14. The molecule has 0 amide bonds. The van der Waals surface area contributed by atoms with Crippen LogP contribution in [0.3, 0.4) is 0 Å². The van der Waals surface area contributed by atoms with Gasteiger partial charge in [0, 0.05) is 6.54 Å². The molecule has 0 unspecified atom stereocenters. The number of rotatable bonds is 6. The first-order valence-electron chi connectivity index (χ1n) is 6.55. The van der Waals surface area contributed by atoms with Gasteiger partial charge in [0.1, 0.15) is 5.82 Å². The molecule has 2 rings (SSSR count). The number of nitrogens with one attached hydrogen (secondary N) is 1. The van der Waals surface area contributed by atoms with E-state index in [-0.39, 0.29) is 5.69 Å². The molecule has 0 atom stereocenters. The van der Waals surface area contributed by atoms with Crippen molar-refractivity contribution in [3.8, 4) is 0 Å². The van der Waals surface area contributed by atoms with E-state index in [1.807, 2.05) is 0 Å². The Morgan fingerprint density at radius 1 is 1.42 bits per heavy atom. The van der Waals surface area contributed by atoms with Gasteiger partial charge in [-0.1, -0.05) is 12.8 Å². The Morgan fingerprint density at radius 2 is 2.21 bits per heavy atom. The first-order chi connectivity index (χ1) is 9.29. The number of carbonyl (C=O) groups excluding carboxylic acids is 1. The van der Waals surface area contributed by atoms with E-state index in [0.29, 0.717) is 25.1 Å². The Hall–Kier alpha value is -1.69. The number of aromatic nitrogens is 2. The predicted octanol–water partition coefficient (Wildman–Crippen LogP) is 1.63. The molecule has 1 aromatic rings. The lowest BCUT2D eigenvalue weighted by atomic mass is 10.3. The number of ether oxygens (including phenoxy) is 2. The Kier molecular flexibility index (Phi) is 5.09. The Balaban J connectivity index is 1.74. The molecule has 1 heterocycles. The van der Waals surface area contributed by atoms with E-state index in [1.54, 1.807) is 6.20 Å². The number of hydrogen-bond donors (Lipinski definition) is 1. The van der Waals surface area contributed by atoms with E-state index < -0.39 is 5.97 Å². The molecule has 1 aromatic heterocycles. The lowest BCUT2D eigenvalue weighted by molar-refractivity contribution is 0.0593. The van der Waals surface area contributed by atoms with Gasteiger partial charge in [-0.2, -0.15) is 0 Å². The van der Waals surface area contributed by atoms with E-state index in [4.69, 9.17) is 4.74 Å². The standard InChI is InChI=1S/C13H19N3O3/c1-18-13(17)11-8-14-9-12(16-11)15-6-7-19-10-4-2-3-5-10/h8-10H,2-7H2,1H3,(H,15,16). The van der Waals surface area contributed by atoms with Gasteiger partial charge in [-0.15, -0.1) is 0 Å². The second-order valence-corrected chi connectivity index (χ2v) is 4.49. The average molecular weight is 265 g/mol. The number of esters is 1. The fraction of sp³-hybridized carbons (Fsp3) is 0.615. The number of nitrogens with zero attached hydrogens (tertiary/aromatic N) is 2. The first-order valence-corrected chi connectivity index (χ1v) is 6.55. The van der Waals surface area contributed by atoms with Crippen molar-refractivity contribution in [2.75, 3.05) is 25.6 Å². The van der Waals surface area contributed by atoms with Crippen LogP contribution in [0.15, 0.2) is 12.4 Å². The number of hydrogen-bond acceptors (Lipinski definition) is 6. The SMILES string of the molecule is COC(=O)c1cncc(NCCOC2CCCC2)n1. The predicted molar refractivity (Wildman–Crippen MR) is 70.1 cm³/mol. The lowest BCUT2D eigenvalue weighted by Gasteiger charge is -2.11. The minimum atomic E-state index is -0.488. The molecule has 1 fully saturated rings. The summed E-state index contributed by atoms with van der Waals surface area (Å²) in [5.41, 5.74) is 0.198. The fourth-order valence-corrected chi connectivity index (χ4v) is 2.11. The summed E-state index contributed by atoms with van der Waals surface area (Å²) in [4.78, 5) is 19.3. The summed E-state index contributed by atoms with van der Waals surface area (Å²) in [6.45, 7) is 1.28. The average Bonchev–Trinajstić information content (AvgIpc) is 2.96. The van der Waals surface area contributed by atoms with Gasteiger partial charge in [-0.3, -0.25) is 4.98 Å². The quantitative estimate of drug-likeness (QED) is 0.622. The smallest absolute Gasteiger partial charge is 0.358 e. The molecule has 1 N–H and O–H groups in total. The third kappa shape index (κ3) is 4.17. The van der Waals surface area contributed by atoms with Crippen LogP contribution in [-0.4, -0.2) is 42.3 Å². The maximum absolute atomic E-state index is 11.3.